The number of nitrogens with one attached hydrogen (secondary N) is 1. The first-order valence-electron chi connectivity index (χ1n) is 6.23. The van der Waals surface area contributed by atoms with Crippen molar-refractivity contribution in [3.63, 3.8) is 0 Å². The smallest absolute Gasteiger partial charge is 0.315 e. The van der Waals surface area contributed by atoms with E-state index < -0.39 is 4.92 Å². The van der Waals surface area contributed by atoms with E-state index in [1.165, 1.54) is 25.4 Å². The molecule has 0 unspecified atom stereocenters. The maximum atomic E-state index is 11.1. The molecule has 1 aromatic heterocycles. The summed E-state index contributed by atoms with van der Waals surface area (Å²) in [5.41, 5.74) is 0.763. The molecular formula is C14H15N3O4. The Bertz CT molecular complexity index is 646. The third-order valence-corrected chi connectivity index (χ3v) is 2.74. The van der Waals surface area contributed by atoms with Crippen molar-refractivity contribution in [3.05, 3.63) is 52.3 Å². The number of hydrogen-bond donors (Lipinski definition) is 1. The van der Waals surface area contributed by atoms with Gasteiger partial charge < -0.3 is 14.8 Å². The molecule has 0 aliphatic carbocycles. The highest BCUT2D eigenvalue weighted by Crippen LogP contribution is 2.34. The van der Waals surface area contributed by atoms with Crippen molar-refractivity contribution in [2.45, 2.75) is 6.54 Å². The van der Waals surface area contributed by atoms with Gasteiger partial charge >= 0.3 is 5.69 Å². The van der Waals surface area contributed by atoms with Crippen LogP contribution in [0.5, 0.6) is 17.2 Å². The van der Waals surface area contributed by atoms with Crippen LogP contribution in [0, 0.1) is 10.1 Å². The van der Waals surface area contributed by atoms with Crippen LogP contribution in [-0.4, -0.2) is 24.1 Å². The van der Waals surface area contributed by atoms with Crippen molar-refractivity contribution in [2.24, 2.45) is 0 Å². The normalized spacial score (nSPS) is 10.2. The average Bonchev–Trinajstić information content (AvgIpc) is 2.48. The molecule has 0 bridgehead atoms. The number of benzene rings is 1. The maximum Gasteiger partial charge on any atom is 0.315 e. The molecule has 0 amide bonds. The predicted octanol–water partition coefficient (Wildman–Crippen LogP) is 2.51. The Morgan fingerprint density at radius 1 is 1.29 bits per heavy atom. The van der Waals surface area contributed by atoms with E-state index in [0.717, 1.165) is 5.56 Å². The standard InChI is InChI=1S/C14H15N3O4/c1-15-7-10-5-12(9-16-8-10)21-14-4-3-11(20-2)6-13(14)17(18)19/h3-6,8-9,15H,7H2,1-2H3. The Balaban J connectivity index is 2.30. The molecule has 0 saturated heterocycles. The number of hydrogen-bond acceptors (Lipinski definition) is 6. The zero-order chi connectivity index (χ0) is 15.2. The van der Waals surface area contributed by atoms with Gasteiger partial charge in [-0.3, -0.25) is 15.1 Å². The Labute approximate surface area is 121 Å². The lowest BCUT2D eigenvalue weighted by molar-refractivity contribution is -0.385. The summed E-state index contributed by atoms with van der Waals surface area (Å²) in [5, 5.41) is 14.1. The highest BCUT2D eigenvalue weighted by molar-refractivity contribution is 5.52. The van der Waals surface area contributed by atoms with Gasteiger partial charge in [-0.2, -0.15) is 0 Å². The van der Waals surface area contributed by atoms with E-state index in [1.807, 2.05) is 7.05 Å². The van der Waals surface area contributed by atoms with E-state index in [1.54, 1.807) is 18.3 Å². The fourth-order valence-electron chi connectivity index (χ4n) is 1.80. The van der Waals surface area contributed by atoms with E-state index in [4.69, 9.17) is 9.47 Å². The molecular weight excluding hydrogens is 274 g/mol. The SMILES string of the molecule is CNCc1cncc(Oc2ccc(OC)cc2[N+](=O)[O-])c1. The summed E-state index contributed by atoms with van der Waals surface area (Å²) in [6.45, 7) is 0.634. The molecule has 0 aliphatic heterocycles. The van der Waals surface area contributed by atoms with Crippen molar-refractivity contribution < 1.29 is 14.4 Å². The molecule has 7 heteroatoms. The van der Waals surface area contributed by atoms with Crippen LogP contribution in [0.3, 0.4) is 0 Å². The number of nitrogens with zero attached hydrogens (tertiary/aromatic N) is 2. The summed E-state index contributed by atoms with van der Waals surface area (Å²) in [7, 11) is 3.27. The molecule has 1 aromatic carbocycles. The van der Waals surface area contributed by atoms with Gasteiger partial charge in [0.1, 0.15) is 11.5 Å². The molecule has 0 radical (unpaired) electrons. The Hall–Kier alpha value is -2.67. The number of nitro benzene ring substituents is 1. The second kappa shape index (κ2) is 6.67. The molecule has 0 aliphatic rings. The molecule has 0 atom stereocenters. The van der Waals surface area contributed by atoms with Gasteiger partial charge in [-0.15, -0.1) is 0 Å². The van der Waals surface area contributed by atoms with Gasteiger partial charge in [0.2, 0.25) is 5.75 Å². The Morgan fingerprint density at radius 2 is 2.10 bits per heavy atom. The molecule has 7 nitrogen and oxygen atoms in total. The summed E-state index contributed by atoms with van der Waals surface area (Å²) in [6, 6.07) is 6.20. The minimum atomic E-state index is -0.511. The summed E-state index contributed by atoms with van der Waals surface area (Å²) in [5.74, 6) is 0.983. The Kier molecular flexibility index (Phi) is 4.68. The van der Waals surface area contributed by atoms with Crippen LogP contribution >= 0.6 is 0 Å². The van der Waals surface area contributed by atoms with Gasteiger partial charge in [-0.1, -0.05) is 0 Å². The largest absolute Gasteiger partial charge is 0.496 e. The van der Waals surface area contributed by atoms with E-state index in [-0.39, 0.29) is 11.4 Å². The number of methoxy groups -OCH3 is 1. The van der Waals surface area contributed by atoms with Crippen molar-refractivity contribution in [3.8, 4) is 17.2 Å². The van der Waals surface area contributed by atoms with E-state index in [0.29, 0.717) is 18.0 Å². The highest BCUT2D eigenvalue weighted by Gasteiger charge is 2.17. The third kappa shape index (κ3) is 3.67. The fourth-order valence-corrected chi connectivity index (χ4v) is 1.80. The quantitative estimate of drug-likeness (QED) is 0.649. The molecule has 2 aromatic rings. The number of nitro groups is 1. The summed E-state index contributed by atoms with van der Waals surface area (Å²) in [6.07, 6.45) is 3.21. The van der Waals surface area contributed by atoms with Crippen LogP contribution in [-0.2, 0) is 6.54 Å². The van der Waals surface area contributed by atoms with Crippen LogP contribution in [0.1, 0.15) is 5.56 Å². The molecule has 0 fully saturated rings. The lowest BCUT2D eigenvalue weighted by Gasteiger charge is -2.08. The van der Waals surface area contributed by atoms with Crippen LogP contribution in [0.2, 0.25) is 0 Å². The lowest BCUT2D eigenvalue weighted by atomic mass is 10.2. The molecule has 0 saturated carbocycles. The van der Waals surface area contributed by atoms with Crippen molar-refractivity contribution in [1.29, 1.82) is 0 Å². The first-order valence-corrected chi connectivity index (χ1v) is 6.23. The van der Waals surface area contributed by atoms with Gasteiger partial charge in [0, 0.05) is 12.7 Å². The summed E-state index contributed by atoms with van der Waals surface area (Å²) < 4.78 is 10.6. The van der Waals surface area contributed by atoms with Crippen molar-refractivity contribution >= 4 is 5.69 Å². The number of rotatable bonds is 6. The molecule has 1 N–H and O–H groups in total. The van der Waals surface area contributed by atoms with Gasteiger partial charge in [0.15, 0.2) is 0 Å². The van der Waals surface area contributed by atoms with Crippen LogP contribution in [0.15, 0.2) is 36.7 Å². The second-order valence-electron chi connectivity index (χ2n) is 4.25. The van der Waals surface area contributed by atoms with E-state index in [9.17, 15) is 10.1 Å². The fraction of sp³-hybridized carbons (Fsp3) is 0.214. The lowest BCUT2D eigenvalue weighted by Crippen LogP contribution is -2.05. The average molecular weight is 289 g/mol. The first kappa shape index (κ1) is 14.7. The van der Waals surface area contributed by atoms with Crippen molar-refractivity contribution in [2.75, 3.05) is 14.2 Å². The second-order valence-corrected chi connectivity index (χ2v) is 4.25. The van der Waals surface area contributed by atoms with E-state index in [2.05, 4.69) is 10.3 Å². The molecule has 2 rings (SSSR count). The summed E-state index contributed by atoms with van der Waals surface area (Å²) >= 11 is 0. The first-order chi connectivity index (χ1) is 10.1. The van der Waals surface area contributed by atoms with Gasteiger partial charge in [-0.05, 0) is 30.8 Å². The Morgan fingerprint density at radius 3 is 2.76 bits per heavy atom. The predicted molar refractivity (Wildman–Crippen MR) is 76.7 cm³/mol. The third-order valence-electron chi connectivity index (χ3n) is 2.74. The minimum absolute atomic E-state index is 0.143. The zero-order valence-electron chi connectivity index (χ0n) is 11.7. The molecule has 21 heavy (non-hydrogen) atoms. The topological polar surface area (TPSA) is 86.5 Å². The summed E-state index contributed by atoms with van der Waals surface area (Å²) in [4.78, 5) is 14.6. The number of pyridine rings is 1. The zero-order valence-corrected chi connectivity index (χ0v) is 11.7. The van der Waals surface area contributed by atoms with Gasteiger partial charge in [0.05, 0.1) is 24.3 Å². The van der Waals surface area contributed by atoms with Crippen LogP contribution in [0.4, 0.5) is 5.69 Å². The number of aromatic nitrogens is 1. The molecule has 0 spiro atoms. The van der Waals surface area contributed by atoms with Crippen molar-refractivity contribution in [1.82, 2.24) is 10.3 Å². The van der Waals surface area contributed by atoms with Crippen LogP contribution in [0.25, 0.3) is 0 Å². The monoisotopic (exact) mass is 289 g/mol. The van der Waals surface area contributed by atoms with E-state index >= 15 is 0 Å². The molecule has 110 valence electrons. The number of ether oxygens (including phenoxy) is 2. The van der Waals surface area contributed by atoms with Gasteiger partial charge in [0.25, 0.3) is 0 Å². The van der Waals surface area contributed by atoms with Crippen LogP contribution < -0.4 is 14.8 Å². The van der Waals surface area contributed by atoms with Gasteiger partial charge in [-0.25, -0.2) is 0 Å². The molecule has 1 heterocycles. The highest BCUT2D eigenvalue weighted by atomic mass is 16.6. The maximum absolute atomic E-state index is 11.1. The minimum Gasteiger partial charge on any atom is -0.496 e.